The number of hydrogen-bond acceptors (Lipinski definition) is 3. The Bertz CT molecular complexity index is 644. The first kappa shape index (κ1) is 16.7. The van der Waals surface area contributed by atoms with Crippen molar-refractivity contribution in [2.75, 3.05) is 6.54 Å². The van der Waals surface area contributed by atoms with E-state index in [0.29, 0.717) is 5.56 Å². The number of aliphatic hydroxyl groups is 1. The first-order valence-electron chi connectivity index (χ1n) is 7.39. The summed E-state index contributed by atoms with van der Waals surface area (Å²) in [4.78, 5) is 25.0. The third-order valence-corrected chi connectivity index (χ3v) is 3.47. The number of amides is 2. The number of primary amides is 1. The van der Waals surface area contributed by atoms with Crippen LogP contribution in [0.2, 0.25) is 0 Å². The third-order valence-electron chi connectivity index (χ3n) is 3.47. The molecule has 5 heteroatoms. The van der Waals surface area contributed by atoms with Crippen LogP contribution in [0.25, 0.3) is 0 Å². The Hall–Kier alpha value is -2.66. The first-order valence-corrected chi connectivity index (χ1v) is 7.39. The molecule has 1 atom stereocenters. The normalized spacial score (nSPS) is 11.7. The molecule has 1 unspecified atom stereocenters. The zero-order valence-corrected chi connectivity index (χ0v) is 12.8. The Morgan fingerprint density at radius 3 is 2.13 bits per heavy atom. The molecule has 2 amide bonds. The van der Waals surface area contributed by atoms with Gasteiger partial charge in [0.05, 0.1) is 19.1 Å². The van der Waals surface area contributed by atoms with Gasteiger partial charge in [0, 0.05) is 6.54 Å². The summed E-state index contributed by atoms with van der Waals surface area (Å²) in [6.07, 6.45) is -1.00. The predicted molar refractivity (Wildman–Crippen MR) is 87.1 cm³/mol. The van der Waals surface area contributed by atoms with Crippen LogP contribution in [0.15, 0.2) is 60.7 Å². The largest absolute Gasteiger partial charge is 0.388 e. The smallest absolute Gasteiger partial charge is 0.237 e. The molecule has 0 aliphatic heterocycles. The molecule has 0 aromatic heterocycles. The second-order valence-electron chi connectivity index (χ2n) is 5.33. The minimum Gasteiger partial charge on any atom is -0.388 e. The van der Waals surface area contributed by atoms with Gasteiger partial charge in [-0.15, -0.1) is 0 Å². The van der Waals surface area contributed by atoms with Crippen molar-refractivity contribution >= 4 is 11.8 Å². The van der Waals surface area contributed by atoms with Crippen molar-refractivity contribution in [3.05, 3.63) is 71.8 Å². The lowest BCUT2D eigenvalue weighted by Gasteiger charge is -2.23. The van der Waals surface area contributed by atoms with Crippen LogP contribution in [0.5, 0.6) is 0 Å². The molecule has 0 heterocycles. The van der Waals surface area contributed by atoms with Gasteiger partial charge in [-0.25, -0.2) is 0 Å². The zero-order valence-electron chi connectivity index (χ0n) is 12.8. The molecule has 5 nitrogen and oxygen atoms in total. The van der Waals surface area contributed by atoms with Gasteiger partial charge >= 0.3 is 0 Å². The molecular weight excluding hydrogens is 292 g/mol. The van der Waals surface area contributed by atoms with E-state index >= 15 is 0 Å². The maximum Gasteiger partial charge on any atom is 0.237 e. The van der Waals surface area contributed by atoms with Crippen molar-refractivity contribution in [2.24, 2.45) is 5.73 Å². The molecule has 2 aromatic carbocycles. The predicted octanol–water partition coefficient (Wildman–Crippen LogP) is 1.62. The van der Waals surface area contributed by atoms with E-state index in [4.69, 9.17) is 5.73 Å². The molecule has 0 aliphatic carbocycles. The molecule has 0 spiro atoms. The minimum atomic E-state index is -0.908. The summed E-state index contributed by atoms with van der Waals surface area (Å²) in [5.41, 5.74) is 6.80. The monoisotopic (exact) mass is 312 g/mol. The highest BCUT2D eigenvalue weighted by Gasteiger charge is 2.20. The molecule has 2 aromatic rings. The fourth-order valence-electron chi connectivity index (χ4n) is 2.31. The third kappa shape index (κ3) is 5.23. The Morgan fingerprint density at radius 1 is 1.00 bits per heavy atom. The van der Waals surface area contributed by atoms with E-state index < -0.39 is 12.0 Å². The average Bonchev–Trinajstić information content (AvgIpc) is 2.55. The number of rotatable bonds is 7. The number of nitrogens with zero attached hydrogens (tertiary/aromatic N) is 1. The molecule has 23 heavy (non-hydrogen) atoms. The van der Waals surface area contributed by atoms with E-state index in [1.165, 1.54) is 4.90 Å². The van der Waals surface area contributed by atoms with Crippen molar-refractivity contribution in [1.29, 1.82) is 0 Å². The molecule has 2 rings (SSSR count). The van der Waals surface area contributed by atoms with Gasteiger partial charge in [0.2, 0.25) is 11.8 Å². The lowest BCUT2D eigenvalue weighted by Crippen LogP contribution is -2.38. The number of carbonyl (C=O) groups is 2. The van der Waals surface area contributed by atoms with Crippen LogP contribution < -0.4 is 5.73 Å². The first-order chi connectivity index (χ1) is 11.1. The van der Waals surface area contributed by atoms with Gasteiger partial charge in [0.1, 0.15) is 0 Å². The topological polar surface area (TPSA) is 83.6 Å². The fraction of sp³-hybridized carbons (Fsp3) is 0.222. The summed E-state index contributed by atoms with van der Waals surface area (Å²) < 4.78 is 0. The van der Waals surface area contributed by atoms with E-state index in [9.17, 15) is 14.7 Å². The fourth-order valence-corrected chi connectivity index (χ4v) is 2.31. The number of hydrogen-bond donors (Lipinski definition) is 2. The quantitative estimate of drug-likeness (QED) is 0.815. The van der Waals surface area contributed by atoms with E-state index in [-0.39, 0.29) is 25.4 Å². The van der Waals surface area contributed by atoms with Crippen LogP contribution in [0, 0.1) is 0 Å². The van der Waals surface area contributed by atoms with E-state index in [1.807, 2.05) is 36.4 Å². The Kier molecular flexibility index (Phi) is 5.88. The SMILES string of the molecule is NC(=O)CN(Cc1ccccc1)C(=O)CC(O)c1ccccc1. The molecule has 0 saturated carbocycles. The molecule has 0 fully saturated rings. The lowest BCUT2D eigenvalue weighted by atomic mass is 10.1. The zero-order chi connectivity index (χ0) is 16.7. The van der Waals surface area contributed by atoms with Gasteiger partial charge in [-0.05, 0) is 11.1 Å². The maximum absolute atomic E-state index is 12.4. The van der Waals surface area contributed by atoms with Crippen LogP contribution >= 0.6 is 0 Å². The molecule has 0 saturated heterocycles. The van der Waals surface area contributed by atoms with Crippen molar-refractivity contribution in [3.8, 4) is 0 Å². The van der Waals surface area contributed by atoms with E-state index in [0.717, 1.165) is 5.56 Å². The summed E-state index contributed by atoms with van der Waals surface area (Å²) in [6, 6.07) is 18.3. The van der Waals surface area contributed by atoms with E-state index in [1.54, 1.807) is 24.3 Å². The number of benzene rings is 2. The minimum absolute atomic E-state index is 0.0931. The van der Waals surface area contributed by atoms with Gasteiger partial charge in [-0.1, -0.05) is 60.7 Å². The molecule has 0 aliphatic rings. The molecular formula is C18H20N2O3. The summed E-state index contributed by atoms with van der Waals surface area (Å²) in [7, 11) is 0. The van der Waals surface area contributed by atoms with Crippen molar-refractivity contribution in [3.63, 3.8) is 0 Å². The van der Waals surface area contributed by atoms with E-state index in [2.05, 4.69) is 0 Å². The number of carbonyl (C=O) groups excluding carboxylic acids is 2. The van der Waals surface area contributed by atoms with Crippen LogP contribution in [0.4, 0.5) is 0 Å². The summed E-state index contributed by atoms with van der Waals surface area (Å²) >= 11 is 0. The van der Waals surface area contributed by atoms with Crippen molar-refractivity contribution in [1.82, 2.24) is 4.90 Å². The molecule has 0 bridgehead atoms. The number of nitrogens with two attached hydrogens (primary N) is 1. The second-order valence-corrected chi connectivity index (χ2v) is 5.33. The van der Waals surface area contributed by atoms with Gasteiger partial charge in [0.25, 0.3) is 0 Å². The Morgan fingerprint density at radius 2 is 1.57 bits per heavy atom. The molecule has 120 valence electrons. The maximum atomic E-state index is 12.4. The highest BCUT2D eigenvalue weighted by Crippen LogP contribution is 2.18. The summed E-state index contributed by atoms with van der Waals surface area (Å²) in [5, 5.41) is 10.2. The Balaban J connectivity index is 2.05. The van der Waals surface area contributed by atoms with Crippen LogP contribution in [-0.2, 0) is 16.1 Å². The van der Waals surface area contributed by atoms with Gasteiger partial charge < -0.3 is 15.7 Å². The number of aliphatic hydroxyl groups excluding tert-OH is 1. The standard InChI is InChI=1S/C18H20N2O3/c19-17(22)13-20(12-14-7-3-1-4-8-14)18(23)11-16(21)15-9-5-2-6-10-15/h1-10,16,21H,11-13H2,(H2,19,22). The average molecular weight is 312 g/mol. The molecule has 0 radical (unpaired) electrons. The van der Waals surface area contributed by atoms with Gasteiger partial charge in [-0.3, -0.25) is 9.59 Å². The highest BCUT2D eigenvalue weighted by molar-refractivity contribution is 5.84. The summed E-state index contributed by atoms with van der Waals surface area (Å²) in [5.74, 6) is -0.896. The molecule has 3 N–H and O–H groups in total. The summed E-state index contributed by atoms with van der Waals surface area (Å²) in [6.45, 7) is 0.110. The van der Waals surface area contributed by atoms with Crippen molar-refractivity contribution < 1.29 is 14.7 Å². The highest BCUT2D eigenvalue weighted by atomic mass is 16.3. The van der Waals surface area contributed by atoms with Crippen molar-refractivity contribution in [2.45, 2.75) is 19.1 Å². The second kappa shape index (κ2) is 8.10. The van der Waals surface area contributed by atoms with Gasteiger partial charge in [0.15, 0.2) is 0 Å². The lowest BCUT2D eigenvalue weighted by molar-refractivity contribution is -0.137. The van der Waals surface area contributed by atoms with Crippen LogP contribution in [-0.4, -0.2) is 28.4 Å². The van der Waals surface area contributed by atoms with Crippen LogP contribution in [0.1, 0.15) is 23.7 Å². The Labute approximate surface area is 135 Å². The van der Waals surface area contributed by atoms with Gasteiger partial charge in [-0.2, -0.15) is 0 Å². The van der Waals surface area contributed by atoms with Crippen LogP contribution in [0.3, 0.4) is 0 Å².